The van der Waals surface area contributed by atoms with Crippen LogP contribution in [0.5, 0.6) is 0 Å². The second kappa shape index (κ2) is 28.1. The van der Waals surface area contributed by atoms with Gasteiger partial charge >= 0.3 is 11.9 Å². The number of amidine groups is 1. The van der Waals surface area contributed by atoms with E-state index in [0.717, 1.165) is 45.3 Å². The van der Waals surface area contributed by atoms with E-state index in [1.165, 1.54) is 89.3 Å². The molecular weight excluding hydrogens is 480 g/mol. The minimum atomic E-state index is -0.759. The number of unbranched alkanes of at least 4 members (excludes halogenated alkanes) is 15. The summed E-state index contributed by atoms with van der Waals surface area (Å²) in [6.07, 6.45) is 27.9. The van der Waals surface area contributed by atoms with E-state index in [2.05, 4.69) is 29.0 Å². The van der Waals surface area contributed by atoms with Crippen molar-refractivity contribution < 1.29 is 24.9 Å². The van der Waals surface area contributed by atoms with Crippen molar-refractivity contribution in [2.75, 3.05) is 26.2 Å². The van der Waals surface area contributed by atoms with Gasteiger partial charge in [-0.05, 0) is 44.9 Å². The Bertz CT molecular complexity index is 603. The molecule has 0 aromatic heterocycles. The molecule has 7 heteroatoms. The molecule has 0 fully saturated rings. The summed E-state index contributed by atoms with van der Waals surface area (Å²) >= 11 is 0. The van der Waals surface area contributed by atoms with Gasteiger partial charge in [0.2, 0.25) is 0 Å². The van der Waals surface area contributed by atoms with Crippen LogP contribution in [0, 0.1) is 0 Å². The Hall–Kier alpha value is -1.89. The van der Waals surface area contributed by atoms with Gasteiger partial charge in [0.05, 0.1) is 19.0 Å². The van der Waals surface area contributed by atoms with E-state index in [-0.39, 0.29) is 19.4 Å². The van der Waals surface area contributed by atoms with Gasteiger partial charge in [-0.1, -0.05) is 89.7 Å². The molecule has 0 bridgehead atoms. The number of carbonyl (C=O) groups is 2. The average Bonchev–Trinajstić information content (AvgIpc) is 3.33. The summed E-state index contributed by atoms with van der Waals surface area (Å²) in [6.45, 7) is 5.19. The molecule has 0 saturated heterocycles. The Morgan fingerprint density at radius 3 is 1.71 bits per heavy atom. The first-order valence-corrected chi connectivity index (χ1v) is 15.5. The van der Waals surface area contributed by atoms with E-state index in [1.807, 2.05) is 0 Å². The van der Waals surface area contributed by atoms with Crippen LogP contribution in [0.15, 0.2) is 17.1 Å². The quantitative estimate of drug-likeness (QED) is 0.0814. The fraction of sp³-hybridized carbons (Fsp3) is 0.839. The molecule has 0 unspecified atom stereocenters. The molecule has 0 spiro atoms. The largest absolute Gasteiger partial charge is 0.481 e. The molecule has 1 heterocycles. The maximum atomic E-state index is 10.1. The molecule has 0 aliphatic carbocycles. The Kier molecular flexibility index (Phi) is 26.7. The Labute approximate surface area is 232 Å². The first kappa shape index (κ1) is 36.1. The molecule has 0 radical (unpaired) electrons. The van der Waals surface area contributed by atoms with Crippen LogP contribution in [0.1, 0.15) is 142 Å². The second-order valence-electron chi connectivity index (χ2n) is 10.4. The normalized spacial score (nSPS) is 13.0. The van der Waals surface area contributed by atoms with Gasteiger partial charge in [0.1, 0.15) is 0 Å². The standard InChI is InChI=1S/C22H42N2O.C9H16O4/c1-2-3-4-5-6-7-8-9-10-11-12-13-14-15-16-17-22-23-18-19-24(22)20-21-25;10-8(11)6-4-2-1-3-5-7-9(12)13/h9-10,25H,2-8,11-21H2,1H3;1-7H2,(H,10,11)(H,12,13)/b10-9-;. The lowest BCUT2D eigenvalue weighted by atomic mass is 10.1. The Morgan fingerprint density at radius 2 is 1.21 bits per heavy atom. The number of carboxylic acids is 2. The van der Waals surface area contributed by atoms with Gasteiger partial charge in [-0.2, -0.15) is 0 Å². The van der Waals surface area contributed by atoms with Crippen LogP contribution in [0.3, 0.4) is 0 Å². The predicted octanol–water partition coefficient (Wildman–Crippen LogP) is 7.62. The molecule has 3 N–H and O–H groups in total. The number of aliphatic carboxylic acids is 2. The fourth-order valence-corrected chi connectivity index (χ4v) is 4.56. The number of aliphatic imine (C=N–C) groups is 1. The monoisotopic (exact) mass is 538 g/mol. The van der Waals surface area contributed by atoms with E-state index in [9.17, 15) is 9.59 Å². The van der Waals surface area contributed by atoms with Gasteiger partial charge in [-0.15, -0.1) is 0 Å². The molecular formula is C31H58N2O5. The van der Waals surface area contributed by atoms with E-state index < -0.39 is 11.9 Å². The molecule has 1 rings (SSSR count). The van der Waals surface area contributed by atoms with Crippen molar-refractivity contribution in [3.05, 3.63) is 12.2 Å². The molecule has 0 amide bonds. The highest BCUT2D eigenvalue weighted by atomic mass is 16.4. The molecule has 0 aromatic rings. The van der Waals surface area contributed by atoms with Crippen molar-refractivity contribution in [2.24, 2.45) is 4.99 Å². The average molecular weight is 539 g/mol. The smallest absolute Gasteiger partial charge is 0.303 e. The van der Waals surface area contributed by atoms with E-state index in [0.29, 0.717) is 12.8 Å². The topological polar surface area (TPSA) is 110 Å². The van der Waals surface area contributed by atoms with Crippen molar-refractivity contribution in [1.82, 2.24) is 4.90 Å². The van der Waals surface area contributed by atoms with Gasteiger partial charge in [0, 0.05) is 32.4 Å². The number of aliphatic hydroxyl groups is 1. The van der Waals surface area contributed by atoms with Crippen molar-refractivity contribution in [3.63, 3.8) is 0 Å². The maximum absolute atomic E-state index is 10.1. The van der Waals surface area contributed by atoms with Crippen molar-refractivity contribution >= 4 is 17.8 Å². The van der Waals surface area contributed by atoms with Crippen LogP contribution in [-0.4, -0.2) is 64.2 Å². The zero-order chi connectivity index (χ0) is 28.1. The lowest BCUT2D eigenvalue weighted by Gasteiger charge is -2.18. The number of aliphatic hydroxyl groups excluding tert-OH is 1. The zero-order valence-corrected chi connectivity index (χ0v) is 24.4. The number of β-amino-alcohol motifs (C(OH)–C–C–N with tert-alkyl or cyclic N) is 1. The van der Waals surface area contributed by atoms with Gasteiger partial charge in [-0.25, -0.2) is 0 Å². The summed E-state index contributed by atoms with van der Waals surface area (Å²) in [7, 11) is 0. The van der Waals surface area contributed by atoms with Crippen molar-refractivity contribution in [1.29, 1.82) is 0 Å². The zero-order valence-electron chi connectivity index (χ0n) is 24.4. The number of carboxylic acid groups (broad SMARTS) is 2. The highest BCUT2D eigenvalue weighted by Gasteiger charge is 2.14. The first-order chi connectivity index (χ1) is 18.5. The number of allylic oxidation sites excluding steroid dienone is 2. The third-order valence-corrected chi connectivity index (χ3v) is 6.84. The van der Waals surface area contributed by atoms with E-state index in [4.69, 9.17) is 15.3 Å². The molecule has 7 nitrogen and oxygen atoms in total. The third kappa shape index (κ3) is 25.7. The lowest BCUT2D eigenvalue weighted by molar-refractivity contribution is -0.138. The predicted molar refractivity (Wildman–Crippen MR) is 158 cm³/mol. The summed E-state index contributed by atoms with van der Waals surface area (Å²) in [4.78, 5) is 27.0. The summed E-state index contributed by atoms with van der Waals surface area (Å²) in [5.41, 5.74) is 0. The van der Waals surface area contributed by atoms with Crippen LogP contribution in [0.25, 0.3) is 0 Å². The molecule has 0 atom stereocenters. The first-order valence-electron chi connectivity index (χ1n) is 15.5. The number of rotatable bonds is 25. The minimum Gasteiger partial charge on any atom is -0.481 e. The van der Waals surface area contributed by atoms with Crippen LogP contribution in [0.4, 0.5) is 0 Å². The number of hydrogen-bond donors (Lipinski definition) is 3. The number of nitrogens with zero attached hydrogens (tertiary/aromatic N) is 2. The third-order valence-electron chi connectivity index (χ3n) is 6.84. The molecule has 0 aromatic carbocycles. The molecule has 1 aliphatic heterocycles. The van der Waals surface area contributed by atoms with E-state index >= 15 is 0 Å². The summed E-state index contributed by atoms with van der Waals surface area (Å²) in [5.74, 6) is -0.289. The van der Waals surface area contributed by atoms with Crippen LogP contribution < -0.4 is 0 Å². The number of hydrogen-bond acceptors (Lipinski definition) is 5. The van der Waals surface area contributed by atoms with Crippen molar-refractivity contribution in [3.8, 4) is 0 Å². The van der Waals surface area contributed by atoms with Crippen molar-refractivity contribution in [2.45, 2.75) is 142 Å². The van der Waals surface area contributed by atoms with Crippen LogP contribution in [-0.2, 0) is 9.59 Å². The lowest BCUT2D eigenvalue weighted by Crippen LogP contribution is -2.30. The molecule has 0 saturated carbocycles. The highest BCUT2D eigenvalue weighted by Crippen LogP contribution is 2.13. The molecule has 1 aliphatic rings. The van der Waals surface area contributed by atoms with Gasteiger partial charge in [-0.3, -0.25) is 14.6 Å². The van der Waals surface area contributed by atoms with Gasteiger partial charge in [0.25, 0.3) is 0 Å². The minimum absolute atomic E-state index is 0.221. The van der Waals surface area contributed by atoms with Gasteiger partial charge in [0.15, 0.2) is 0 Å². The molecule has 38 heavy (non-hydrogen) atoms. The van der Waals surface area contributed by atoms with E-state index in [1.54, 1.807) is 0 Å². The fourth-order valence-electron chi connectivity index (χ4n) is 4.56. The summed E-state index contributed by atoms with van der Waals surface area (Å²) < 4.78 is 0. The highest BCUT2D eigenvalue weighted by molar-refractivity contribution is 5.83. The maximum Gasteiger partial charge on any atom is 0.303 e. The van der Waals surface area contributed by atoms with Crippen LogP contribution in [0.2, 0.25) is 0 Å². The van der Waals surface area contributed by atoms with Crippen LogP contribution >= 0.6 is 0 Å². The summed E-state index contributed by atoms with van der Waals surface area (Å²) in [6, 6.07) is 0. The molecule has 222 valence electrons. The van der Waals surface area contributed by atoms with Gasteiger partial charge < -0.3 is 20.2 Å². The Balaban J connectivity index is 0.000000889. The second-order valence-corrected chi connectivity index (χ2v) is 10.4. The summed E-state index contributed by atoms with van der Waals surface area (Å²) in [5, 5.41) is 25.7. The Morgan fingerprint density at radius 1 is 0.737 bits per heavy atom. The SMILES string of the molecule is CCCCCCCC/C=C\CCCCCCCC1=NCCN1CCO.O=C(O)CCCCCCCC(=O)O.